The van der Waals surface area contributed by atoms with E-state index in [1.807, 2.05) is 32.9 Å². The van der Waals surface area contributed by atoms with Crippen molar-refractivity contribution < 1.29 is 14.3 Å². The quantitative estimate of drug-likeness (QED) is 0.479. The summed E-state index contributed by atoms with van der Waals surface area (Å²) in [6.07, 6.45) is 1.49. The number of aromatic nitrogens is 3. The lowest BCUT2D eigenvalue weighted by molar-refractivity contribution is -0.116. The van der Waals surface area contributed by atoms with Gasteiger partial charge in [0.05, 0.1) is 11.9 Å². The zero-order chi connectivity index (χ0) is 24.7. The smallest absolute Gasteiger partial charge is 0.333 e. The number of nitrogens with one attached hydrogen (secondary N) is 1. The molecular formula is C26H24N4O5. The Morgan fingerprint density at radius 2 is 1.74 bits per heavy atom. The minimum absolute atomic E-state index is 0.0109. The first-order valence-corrected chi connectivity index (χ1v) is 11.2. The maximum atomic E-state index is 13.5. The Hall–Kier alpha value is -4.40. The van der Waals surface area contributed by atoms with Crippen LogP contribution in [-0.4, -0.2) is 26.8 Å². The summed E-state index contributed by atoms with van der Waals surface area (Å²) in [5, 5.41) is 3.17. The number of pyridine rings is 1. The van der Waals surface area contributed by atoms with Crippen molar-refractivity contribution >= 4 is 22.6 Å². The van der Waals surface area contributed by atoms with E-state index in [1.165, 1.54) is 10.8 Å². The molecule has 0 fully saturated rings. The van der Waals surface area contributed by atoms with Gasteiger partial charge >= 0.3 is 5.69 Å². The van der Waals surface area contributed by atoms with Crippen LogP contribution >= 0.6 is 0 Å². The molecule has 0 aliphatic carbocycles. The first-order chi connectivity index (χ1) is 16.8. The summed E-state index contributed by atoms with van der Waals surface area (Å²) in [6.45, 7) is 5.68. The van der Waals surface area contributed by atoms with Crippen molar-refractivity contribution in [3.05, 3.63) is 91.8 Å². The summed E-state index contributed by atoms with van der Waals surface area (Å²) in [6, 6.07) is 12.4. The van der Waals surface area contributed by atoms with Crippen LogP contribution in [0.15, 0.2) is 58.3 Å². The number of hydrogen-bond acceptors (Lipinski definition) is 6. The molecule has 1 aliphatic heterocycles. The molecule has 0 atom stereocenters. The number of nitrogens with zero attached hydrogens (tertiary/aromatic N) is 3. The summed E-state index contributed by atoms with van der Waals surface area (Å²) >= 11 is 0. The van der Waals surface area contributed by atoms with Gasteiger partial charge in [-0.25, -0.2) is 9.78 Å². The molecule has 0 saturated heterocycles. The van der Waals surface area contributed by atoms with Crippen LogP contribution in [0.25, 0.3) is 11.0 Å². The van der Waals surface area contributed by atoms with Crippen molar-refractivity contribution in [2.75, 3.05) is 12.1 Å². The van der Waals surface area contributed by atoms with E-state index in [2.05, 4.69) is 10.3 Å². The highest BCUT2D eigenvalue weighted by molar-refractivity contribution is 5.93. The van der Waals surface area contributed by atoms with E-state index in [0.717, 1.165) is 21.3 Å². The average molecular weight is 473 g/mol. The van der Waals surface area contributed by atoms with Crippen LogP contribution in [-0.2, 0) is 17.9 Å². The molecule has 2 aromatic carbocycles. The van der Waals surface area contributed by atoms with Gasteiger partial charge in [0.2, 0.25) is 12.7 Å². The molecule has 1 N–H and O–H groups in total. The van der Waals surface area contributed by atoms with Gasteiger partial charge in [-0.1, -0.05) is 23.8 Å². The number of fused-ring (bicyclic) bond motifs is 2. The van der Waals surface area contributed by atoms with E-state index in [0.29, 0.717) is 22.7 Å². The maximum absolute atomic E-state index is 13.5. The number of rotatable bonds is 5. The molecule has 0 radical (unpaired) electrons. The monoisotopic (exact) mass is 472 g/mol. The fraction of sp³-hybridized carbons (Fsp3) is 0.231. The molecule has 0 saturated carbocycles. The van der Waals surface area contributed by atoms with E-state index in [9.17, 15) is 14.4 Å². The molecule has 3 heterocycles. The molecule has 0 spiro atoms. The summed E-state index contributed by atoms with van der Waals surface area (Å²) in [5.74, 6) is 0.781. The van der Waals surface area contributed by atoms with E-state index >= 15 is 0 Å². The Bertz CT molecular complexity index is 1580. The van der Waals surface area contributed by atoms with E-state index in [1.54, 1.807) is 30.3 Å². The molecule has 35 heavy (non-hydrogen) atoms. The van der Waals surface area contributed by atoms with Gasteiger partial charge in [-0.2, -0.15) is 0 Å². The van der Waals surface area contributed by atoms with Crippen molar-refractivity contribution in [1.82, 2.24) is 14.1 Å². The second-order valence-corrected chi connectivity index (χ2v) is 8.64. The third-order valence-electron chi connectivity index (χ3n) is 6.00. The van der Waals surface area contributed by atoms with Crippen LogP contribution in [0, 0.1) is 20.8 Å². The molecule has 178 valence electrons. The van der Waals surface area contributed by atoms with Gasteiger partial charge in [0.1, 0.15) is 12.2 Å². The lowest BCUT2D eigenvalue weighted by atomic mass is 10.1. The predicted molar refractivity (Wildman–Crippen MR) is 131 cm³/mol. The number of aryl methyl sites for hydroxylation is 3. The van der Waals surface area contributed by atoms with E-state index in [-0.39, 0.29) is 36.8 Å². The van der Waals surface area contributed by atoms with Crippen LogP contribution in [0.3, 0.4) is 0 Å². The first kappa shape index (κ1) is 22.4. The second kappa shape index (κ2) is 8.75. The van der Waals surface area contributed by atoms with Gasteiger partial charge in [-0.3, -0.25) is 18.7 Å². The summed E-state index contributed by atoms with van der Waals surface area (Å²) in [5.41, 5.74) is 3.43. The van der Waals surface area contributed by atoms with Crippen LogP contribution in [0.2, 0.25) is 0 Å². The lowest BCUT2D eigenvalue weighted by Gasteiger charge is -2.16. The summed E-state index contributed by atoms with van der Waals surface area (Å²) in [4.78, 5) is 43.9. The third-order valence-corrected chi connectivity index (χ3v) is 6.00. The zero-order valence-electron chi connectivity index (χ0n) is 19.6. The number of amides is 1. The molecule has 5 rings (SSSR count). The van der Waals surface area contributed by atoms with Crippen molar-refractivity contribution in [3.63, 3.8) is 0 Å². The highest BCUT2D eigenvalue weighted by Crippen LogP contribution is 2.32. The molecule has 9 heteroatoms. The van der Waals surface area contributed by atoms with Gasteiger partial charge in [0, 0.05) is 11.9 Å². The standard InChI is InChI=1S/C26H24N4O5/c1-15-9-16(2)23(17(3)10-15)28-22(31)13-29-24-19(5-4-8-27-24)25(32)30(26(29)33)12-18-6-7-20-21(11-18)35-14-34-20/h4-11H,12-14H2,1-3H3,(H,28,31). The molecular weight excluding hydrogens is 448 g/mol. The van der Waals surface area contributed by atoms with Crippen LogP contribution in [0.1, 0.15) is 22.3 Å². The molecule has 4 aromatic rings. The van der Waals surface area contributed by atoms with Gasteiger partial charge in [-0.15, -0.1) is 0 Å². The van der Waals surface area contributed by atoms with Gasteiger partial charge in [0.25, 0.3) is 5.56 Å². The van der Waals surface area contributed by atoms with Crippen molar-refractivity contribution in [2.24, 2.45) is 0 Å². The number of carbonyl (C=O) groups is 1. The van der Waals surface area contributed by atoms with Gasteiger partial charge in [-0.05, 0) is 61.7 Å². The number of hydrogen-bond donors (Lipinski definition) is 1. The van der Waals surface area contributed by atoms with Crippen LogP contribution < -0.4 is 26.0 Å². The fourth-order valence-corrected chi connectivity index (χ4v) is 4.45. The molecule has 0 unspecified atom stereocenters. The van der Waals surface area contributed by atoms with Crippen LogP contribution in [0.5, 0.6) is 11.5 Å². The largest absolute Gasteiger partial charge is 0.454 e. The summed E-state index contributed by atoms with van der Waals surface area (Å²) in [7, 11) is 0. The average Bonchev–Trinajstić information content (AvgIpc) is 3.30. The first-order valence-electron chi connectivity index (χ1n) is 11.2. The van der Waals surface area contributed by atoms with Gasteiger partial charge in [0.15, 0.2) is 11.5 Å². The normalized spacial score (nSPS) is 12.2. The molecule has 9 nitrogen and oxygen atoms in total. The number of carbonyl (C=O) groups excluding carboxylic acids is 1. The zero-order valence-corrected chi connectivity index (χ0v) is 19.6. The topological polar surface area (TPSA) is 104 Å². The number of ether oxygens (including phenoxy) is 2. The molecule has 2 aromatic heterocycles. The highest BCUT2D eigenvalue weighted by atomic mass is 16.7. The van der Waals surface area contributed by atoms with E-state index in [4.69, 9.17) is 9.47 Å². The van der Waals surface area contributed by atoms with Crippen LogP contribution in [0.4, 0.5) is 5.69 Å². The molecule has 0 bridgehead atoms. The van der Waals surface area contributed by atoms with Crippen molar-refractivity contribution in [3.8, 4) is 11.5 Å². The van der Waals surface area contributed by atoms with E-state index < -0.39 is 11.2 Å². The van der Waals surface area contributed by atoms with Crippen molar-refractivity contribution in [1.29, 1.82) is 0 Å². The number of anilines is 1. The Morgan fingerprint density at radius 1 is 1.00 bits per heavy atom. The summed E-state index contributed by atoms with van der Waals surface area (Å²) < 4.78 is 13.1. The lowest BCUT2D eigenvalue weighted by Crippen LogP contribution is -2.42. The minimum Gasteiger partial charge on any atom is -0.454 e. The highest BCUT2D eigenvalue weighted by Gasteiger charge is 2.19. The third kappa shape index (κ3) is 4.16. The molecule has 1 aliphatic rings. The number of benzene rings is 2. The predicted octanol–water partition coefficient (Wildman–Crippen LogP) is 2.90. The maximum Gasteiger partial charge on any atom is 0.333 e. The second-order valence-electron chi connectivity index (χ2n) is 8.64. The Labute approximate surface area is 200 Å². The molecule has 1 amide bonds. The Kier molecular flexibility index (Phi) is 5.60. The SMILES string of the molecule is Cc1cc(C)c(NC(=O)Cn2c(=O)n(Cc3ccc4c(c3)OCO4)c(=O)c3cccnc32)c(C)c1. The van der Waals surface area contributed by atoms with Gasteiger partial charge < -0.3 is 14.8 Å². The Morgan fingerprint density at radius 3 is 2.51 bits per heavy atom. The fourth-order valence-electron chi connectivity index (χ4n) is 4.45. The van der Waals surface area contributed by atoms with Crippen molar-refractivity contribution in [2.45, 2.75) is 33.9 Å². The Balaban J connectivity index is 1.53. The minimum atomic E-state index is -0.619.